The summed E-state index contributed by atoms with van der Waals surface area (Å²) in [7, 11) is -4.88. The molecule has 1 saturated heterocycles. The molecule has 15 heteroatoms. The minimum atomic E-state index is -4.88. The standard InChI is InChI=1S/C21H30FN4O9P/c1-12(2)33-18(29)13(3)25-36(31,35-14-8-6-5-7-9-14)32-11-15-17(28)21(4,22)19(34-15)26-20(30)24-16(27)10-23-26/h5-9,12-13,15,17,19,23,28H,10-11H2,1-4H3,(H,25,31)(H,24,27,30)/t13-,15+,17+,19+,21+,36-/m0/s1/i10D2,11D2. The van der Waals surface area contributed by atoms with Crippen LogP contribution in [0.25, 0.3) is 0 Å². The zero-order valence-electron chi connectivity index (χ0n) is 23.7. The molecule has 3 rings (SSSR count). The molecule has 6 atom stereocenters. The first-order valence-corrected chi connectivity index (χ1v) is 12.3. The van der Waals surface area contributed by atoms with Crippen LogP contribution in [-0.2, 0) is 23.4 Å². The molecule has 0 bridgehead atoms. The fourth-order valence-corrected chi connectivity index (χ4v) is 4.48. The number of carbonyl (C=O) groups excluding carboxylic acids is 2. The van der Waals surface area contributed by atoms with Gasteiger partial charge in [-0.05, 0) is 39.8 Å². The Morgan fingerprint density at radius 3 is 2.78 bits per heavy atom. The summed E-state index contributed by atoms with van der Waals surface area (Å²) >= 11 is 0. The molecule has 36 heavy (non-hydrogen) atoms. The Kier molecular flexibility index (Phi) is 7.02. The average molecular weight is 536 g/mol. The molecule has 0 saturated carbocycles. The molecule has 2 aliphatic rings. The SMILES string of the molecule is [2H]C1([2H])NN([C@@H]2O[C@H](C([2H])([2H])O[P@@](=O)(N[C@@H](C)C(=O)OC(C)C)Oc3ccccc3)[C@@H](O)[C@@]2(C)F)C(=O)N=C1O. The molecular formula is C21H30FN4O9P. The van der Waals surface area contributed by atoms with Crippen LogP contribution >= 0.6 is 7.75 Å². The summed E-state index contributed by atoms with van der Waals surface area (Å²) in [5.41, 5.74) is -1.11. The van der Waals surface area contributed by atoms with Crippen molar-refractivity contribution < 1.29 is 52.8 Å². The Balaban J connectivity index is 1.90. The van der Waals surface area contributed by atoms with E-state index in [9.17, 15) is 24.4 Å². The van der Waals surface area contributed by atoms with Crippen molar-refractivity contribution in [1.82, 2.24) is 15.5 Å². The molecule has 1 fully saturated rings. The monoisotopic (exact) mass is 536 g/mol. The number of benzene rings is 1. The van der Waals surface area contributed by atoms with E-state index in [4.69, 9.17) is 24.0 Å². The number of hydrazine groups is 1. The zero-order chi connectivity index (χ0) is 30.3. The molecule has 0 radical (unpaired) electrons. The number of urea groups is 1. The lowest BCUT2D eigenvalue weighted by Crippen LogP contribution is -2.59. The van der Waals surface area contributed by atoms with Crippen molar-refractivity contribution in [2.45, 2.75) is 63.9 Å². The predicted octanol–water partition coefficient (Wildman–Crippen LogP) is 1.83. The first-order valence-electron chi connectivity index (χ1n) is 12.7. The summed E-state index contributed by atoms with van der Waals surface area (Å²) in [6, 6.07) is 4.58. The van der Waals surface area contributed by atoms with Gasteiger partial charge in [0, 0.05) is 0 Å². The number of aliphatic hydroxyl groups excluding tert-OH is 2. The Morgan fingerprint density at radius 2 is 2.14 bits per heavy atom. The molecule has 0 aromatic heterocycles. The largest absolute Gasteiger partial charge is 0.495 e. The lowest BCUT2D eigenvalue weighted by molar-refractivity contribution is -0.149. The maximum absolute atomic E-state index is 15.7. The van der Waals surface area contributed by atoms with Crippen molar-refractivity contribution in [3.8, 4) is 5.75 Å². The third-order valence-corrected chi connectivity index (χ3v) is 6.37. The first-order chi connectivity index (χ1) is 18.3. The van der Waals surface area contributed by atoms with Gasteiger partial charge in [-0.1, -0.05) is 18.2 Å². The lowest BCUT2D eigenvalue weighted by Gasteiger charge is -2.34. The lowest BCUT2D eigenvalue weighted by atomic mass is 9.98. The molecule has 0 unspecified atom stereocenters. The van der Waals surface area contributed by atoms with E-state index in [-0.39, 0.29) is 10.8 Å². The van der Waals surface area contributed by atoms with Crippen LogP contribution in [0.4, 0.5) is 9.18 Å². The predicted molar refractivity (Wildman–Crippen MR) is 124 cm³/mol. The van der Waals surface area contributed by atoms with Gasteiger partial charge in [0.05, 0.1) is 24.6 Å². The second kappa shape index (κ2) is 11.2. The van der Waals surface area contributed by atoms with Gasteiger partial charge in [0.25, 0.3) is 0 Å². The zero-order valence-corrected chi connectivity index (χ0v) is 20.6. The average Bonchev–Trinajstić information content (AvgIpc) is 3.05. The van der Waals surface area contributed by atoms with Crippen LogP contribution in [0.3, 0.4) is 0 Å². The van der Waals surface area contributed by atoms with Crippen molar-refractivity contribution in [3.05, 3.63) is 30.3 Å². The van der Waals surface area contributed by atoms with Crippen LogP contribution in [-0.4, -0.2) is 82.4 Å². The summed E-state index contributed by atoms with van der Waals surface area (Å²) < 4.78 is 82.5. The Labute approximate surface area is 212 Å². The van der Waals surface area contributed by atoms with Gasteiger partial charge in [0.1, 0.15) is 24.0 Å². The number of hydrogen-bond acceptors (Lipinski definition) is 9. The van der Waals surface area contributed by atoms with Crippen molar-refractivity contribution >= 4 is 25.6 Å². The number of ether oxygens (including phenoxy) is 2. The number of halogens is 1. The van der Waals surface area contributed by atoms with Crippen LogP contribution in [0, 0.1) is 0 Å². The molecule has 0 spiro atoms. The van der Waals surface area contributed by atoms with Gasteiger partial charge in [-0.25, -0.2) is 24.2 Å². The second-order valence-electron chi connectivity index (χ2n) is 8.28. The molecule has 2 heterocycles. The number of alkyl halides is 1. The normalized spacial score (nSPS) is 32.4. The number of aliphatic imine (C=N–C) groups is 1. The second-order valence-corrected chi connectivity index (χ2v) is 9.90. The van der Waals surface area contributed by atoms with E-state index < -0.39 is 75.0 Å². The number of carbonyl (C=O) groups is 2. The van der Waals surface area contributed by atoms with E-state index >= 15 is 4.39 Å². The molecule has 1 aromatic rings. The summed E-state index contributed by atoms with van der Waals surface area (Å²) in [4.78, 5) is 27.7. The Bertz CT molecular complexity index is 1190. The molecule has 200 valence electrons. The molecule has 4 N–H and O–H groups in total. The molecule has 2 aliphatic heterocycles. The van der Waals surface area contributed by atoms with Gasteiger partial charge < -0.3 is 24.2 Å². The molecule has 1 aromatic carbocycles. The van der Waals surface area contributed by atoms with E-state index in [0.29, 0.717) is 0 Å². The van der Waals surface area contributed by atoms with Crippen LogP contribution in [0.2, 0.25) is 0 Å². The van der Waals surface area contributed by atoms with Gasteiger partial charge in [0.15, 0.2) is 11.9 Å². The number of nitrogens with zero attached hydrogens (tertiary/aromatic N) is 2. The highest BCUT2D eigenvalue weighted by molar-refractivity contribution is 7.52. The smallest absolute Gasteiger partial charge is 0.459 e. The van der Waals surface area contributed by atoms with Gasteiger partial charge in [-0.2, -0.15) is 10.1 Å². The van der Waals surface area contributed by atoms with Crippen molar-refractivity contribution in [3.63, 3.8) is 0 Å². The fourth-order valence-electron chi connectivity index (χ4n) is 3.12. The highest BCUT2D eigenvalue weighted by Gasteiger charge is 2.58. The van der Waals surface area contributed by atoms with E-state index in [0.717, 1.165) is 6.92 Å². The highest BCUT2D eigenvalue weighted by atomic mass is 31.2. The van der Waals surface area contributed by atoms with Gasteiger partial charge in [0.2, 0.25) is 5.90 Å². The van der Waals surface area contributed by atoms with Gasteiger partial charge >= 0.3 is 19.7 Å². The number of nitrogens with one attached hydrogen (secondary N) is 2. The summed E-state index contributed by atoms with van der Waals surface area (Å²) in [5.74, 6) is -2.20. The minimum absolute atomic E-state index is 0.0670. The highest BCUT2D eigenvalue weighted by Crippen LogP contribution is 2.46. The first kappa shape index (κ1) is 22.6. The van der Waals surface area contributed by atoms with Crippen LogP contribution in [0.15, 0.2) is 35.3 Å². The van der Waals surface area contributed by atoms with E-state index in [2.05, 4.69) is 10.1 Å². The van der Waals surface area contributed by atoms with Crippen molar-refractivity contribution in [1.29, 1.82) is 0 Å². The molecular weight excluding hydrogens is 502 g/mol. The third-order valence-electron chi connectivity index (χ3n) is 4.87. The number of amides is 2. The molecule has 13 nitrogen and oxygen atoms in total. The van der Waals surface area contributed by atoms with Crippen LogP contribution in [0.5, 0.6) is 5.75 Å². The number of esters is 1. The van der Waals surface area contributed by atoms with E-state index in [1.807, 2.05) is 5.43 Å². The Hall–Kier alpha value is -2.61. The summed E-state index contributed by atoms with van der Waals surface area (Å²) in [6.07, 6.45) is -7.42. The van der Waals surface area contributed by atoms with Crippen molar-refractivity contribution in [2.24, 2.45) is 4.99 Å². The quantitative estimate of drug-likeness (QED) is 0.254. The fraction of sp³-hybridized carbons (Fsp3) is 0.571. The van der Waals surface area contributed by atoms with Gasteiger partial charge in [-0.3, -0.25) is 9.32 Å². The third kappa shape index (κ3) is 6.58. The van der Waals surface area contributed by atoms with Gasteiger partial charge in [-0.15, -0.1) is 0 Å². The Morgan fingerprint density at radius 1 is 1.47 bits per heavy atom. The number of rotatable bonds is 10. The number of para-hydroxylation sites is 1. The molecule has 2 amide bonds. The molecule has 0 aliphatic carbocycles. The summed E-state index contributed by atoms with van der Waals surface area (Å²) in [6.45, 7) is -1.03. The topological polar surface area (TPSA) is 168 Å². The summed E-state index contributed by atoms with van der Waals surface area (Å²) in [5, 5.41) is 22.7. The number of hydrogen-bond donors (Lipinski definition) is 4. The van der Waals surface area contributed by atoms with Crippen molar-refractivity contribution in [2.75, 3.05) is 13.1 Å². The maximum Gasteiger partial charge on any atom is 0.459 e. The maximum atomic E-state index is 15.7. The number of aliphatic hydroxyl groups is 2. The van der Waals surface area contributed by atoms with Crippen LogP contribution in [0.1, 0.15) is 33.2 Å². The minimum Gasteiger partial charge on any atom is -0.495 e. The van der Waals surface area contributed by atoms with Crippen LogP contribution < -0.4 is 15.0 Å². The van der Waals surface area contributed by atoms with E-state index in [1.165, 1.54) is 31.2 Å². The van der Waals surface area contributed by atoms with E-state index in [1.54, 1.807) is 19.9 Å².